The summed E-state index contributed by atoms with van der Waals surface area (Å²) in [6, 6.07) is 7.67. The lowest BCUT2D eigenvalue weighted by atomic mass is 10.3. The maximum Gasteiger partial charge on any atom is 0.0631 e. The van der Waals surface area contributed by atoms with E-state index in [2.05, 4.69) is 0 Å². The Kier molecular flexibility index (Phi) is 4.10. The van der Waals surface area contributed by atoms with E-state index in [-0.39, 0.29) is 11.4 Å². The first-order chi connectivity index (χ1) is 6.09. The van der Waals surface area contributed by atoms with Crippen LogP contribution in [0.15, 0.2) is 29.2 Å². The highest BCUT2D eigenvalue weighted by molar-refractivity contribution is 8.00. The van der Waals surface area contributed by atoms with Crippen LogP contribution in [0, 0.1) is 0 Å². The first-order valence-corrected chi connectivity index (χ1v) is 5.45. The Hall–Kier alpha value is -0.180. The third-order valence-electron chi connectivity index (χ3n) is 1.80. The van der Waals surface area contributed by atoms with Crippen LogP contribution in [0.5, 0.6) is 0 Å². The van der Waals surface area contributed by atoms with Gasteiger partial charge < -0.3 is 5.11 Å². The highest BCUT2D eigenvalue weighted by atomic mass is 35.5. The van der Waals surface area contributed by atoms with Crippen LogP contribution in [0.1, 0.15) is 13.8 Å². The number of aliphatic hydroxyl groups is 1. The molecule has 0 spiro atoms. The molecule has 0 fully saturated rings. The normalized spacial score (nSPS) is 15.4. The van der Waals surface area contributed by atoms with Crippen LogP contribution < -0.4 is 0 Å². The van der Waals surface area contributed by atoms with Gasteiger partial charge in [0, 0.05) is 15.2 Å². The second-order valence-corrected chi connectivity index (χ2v) is 4.91. The Morgan fingerprint density at radius 3 is 2.62 bits per heavy atom. The van der Waals surface area contributed by atoms with Crippen molar-refractivity contribution >= 4 is 23.4 Å². The second kappa shape index (κ2) is 4.89. The van der Waals surface area contributed by atoms with E-state index in [1.807, 2.05) is 31.2 Å². The van der Waals surface area contributed by atoms with Crippen molar-refractivity contribution in [1.82, 2.24) is 0 Å². The zero-order valence-corrected chi connectivity index (χ0v) is 9.27. The molecule has 13 heavy (non-hydrogen) atoms. The van der Waals surface area contributed by atoms with Crippen LogP contribution in [-0.4, -0.2) is 16.5 Å². The van der Waals surface area contributed by atoms with Crippen molar-refractivity contribution in [3.8, 4) is 0 Å². The molecule has 0 aliphatic carbocycles. The summed E-state index contributed by atoms with van der Waals surface area (Å²) in [5, 5.41) is 10.2. The Morgan fingerprint density at radius 2 is 2.08 bits per heavy atom. The molecule has 1 aromatic carbocycles. The van der Waals surface area contributed by atoms with Gasteiger partial charge in [-0.2, -0.15) is 0 Å². The summed E-state index contributed by atoms with van der Waals surface area (Å²) in [7, 11) is 0. The smallest absolute Gasteiger partial charge is 0.0631 e. The monoisotopic (exact) mass is 216 g/mol. The molecule has 0 heterocycles. The number of benzene rings is 1. The van der Waals surface area contributed by atoms with E-state index in [4.69, 9.17) is 11.6 Å². The largest absolute Gasteiger partial charge is 0.392 e. The Bertz CT molecular complexity index is 275. The molecule has 72 valence electrons. The fourth-order valence-corrected chi connectivity index (χ4v) is 2.09. The van der Waals surface area contributed by atoms with Crippen LogP contribution in [-0.2, 0) is 0 Å². The molecule has 0 bridgehead atoms. The summed E-state index contributed by atoms with van der Waals surface area (Å²) in [4.78, 5) is 1.10. The molecule has 0 saturated heterocycles. The van der Waals surface area contributed by atoms with Crippen molar-refractivity contribution in [3.63, 3.8) is 0 Å². The molecule has 0 aliphatic rings. The number of rotatable bonds is 3. The average molecular weight is 217 g/mol. The lowest BCUT2D eigenvalue weighted by Gasteiger charge is -2.13. The number of thioether (sulfide) groups is 1. The van der Waals surface area contributed by atoms with Crippen molar-refractivity contribution in [2.24, 2.45) is 0 Å². The van der Waals surface area contributed by atoms with Crippen LogP contribution in [0.25, 0.3) is 0 Å². The number of hydrogen-bond acceptors (Lipinski definition) is 2. The van der Waals surface area contributed by atoms with Gasteiger partial charge >= 0.3 is 0 Å². The predicted octanol–water partition coefficient (Wildman–Crippen LogP) is 3.20. The van der Waals surface area contributed by atoms with Crippen LogP contribution in [0.3, 0.4) is 0 Å². The van der Waals surface area contributed by atoms with Gasteiger partial charge in [0.1, 0.15) is 0 Å². The lowest BCUT2D eigenvalue weighted by molar-refractivity contribution is 0.196. The molecule has 0 aromatic heterocycles. The minimum atomic E-state index is -0.302. The van der Waals surface area contributed by atoms with Crippen molar-refractivity contribution in [2.75, 3.05) is 0 Å². The standard InChI is InChI=1S/C10H13ClOS/c1-7(12)8(2)13-10-5-3-4-9(11)6-10/h3-8,12H,1-2H3. The molecule has 0 radical (unpaired) electrons. The SMILES string of the molecule is CC(O)C(C)Sc1cccc(Cl)c1. The number of halogens is 1. The van der Waals surface area contributed by atoms with E-state index in [0.717, 1.165) is 9.92 Å². The highest BCUT2D eigenvalue weighted by Gasteiger charge is 2.09. The molecule has 2 atom stereocenters. The first-order valence-electron chi connectivity index (χ1n) is 4.20. The van der Waals surface area contributed by atoms with E-state index in [9.17, 15) is 5.11 Å². The molecule has 2 unspecified atom stereocenters. The average Bonchev–Trinajstić information content (AvgIpc) is 2.04. The summed E-state index contributed by atoms with van der Waals surface area (Å²) in [5.74, 6) is 0. The van der Waals surface area contributed by atoms with Crippen molar-refractivity contribution < 1.29 is 5.11 Å². The minimum absolute atomic E-state index is 0.193. The van der Waals surface area contributed by atoms with E-state index in [0.29, 0.717) is 0 Å². The quantitative estimate of drug-likeness (QED) is 0.784. The third-order valence-corrected chi connectivity index (χ3v) is 3.32. The summed E-state index contributed by atoms with van der Waals surface area (Å²) in [6.07, 6.45) is -0.302. The molecule has 0 saturated carbocycles. The molecule has 0 amide bonds. The van der Waals surface area contributed by atoms with Gasteiger partial charge in [0.2, 0.25) is 0 Å². The maximum absolute atomic E-state index is 9.30. The van der Waals surface area contributed by atoms with Gasteiger partial charge in [-0.15, -0.1) is 11.8 Å². The Balaban J connectivity index is 2.64. The summed E-state index contributed by atoms with van der Waals surface area (Å²) in [6.45, 7) is 3.79. The number of aliphatic hydroxyl groups excluding tert-OH is 1. The van der Waals surface area contributed by atoms with Gasteiger partial charge in [0.05, 0.1) is 6.10 Å². The number of hydrogen-bond donors (Lipinski definition) is 1. The predicted molar refractivity (Wildman–Crippen MR) is 58.5 cm³/mol. The molecule has 1 rings (SSSR count). The highest BCUT2D eigenvalue weighted by Crippen LogP contribution is 2.26. The second-order valence-electron chi connectivity index (χ2n) is 3.02. The third kappa shape index (κ3) is 3.59. The van der Waals surface area contributed by atoms with Gasteiger partial charge in [-0.25, -0.2) is 0 Å². The van der Waals surface area contributed by atoms with Crippen LogP contribution in [0.4, 0.5) is 0 Å². The summed E-state index contributed by atoms with van der Waals surface area (Å²) < 4.78 is 0. The fourth-order valence-electron chi connectivity index (χ4n) is 0.853. The van der Waals surface area contributed by atoms with E-state index < -0.39 is 0 Å². The van der Waals surface area contributed by atoms with Crippen LogP contribution in [0.2, 0.25) is 5.02 Å². The Labute approximate surface area is 88.1 Å². The summed E-state index contributed by atoms with van der Waals surface area (Å²) >= 11 is 7.46. The Morgan fingerprint density at radius 1 is 1.38 bits per heavy atom. The van der Waals surface area contributed by atoms with E-state index >= 15 is 0 Å². The van der Waals surface area contributed by atoms with Crippen LogP contribution >= 0.6 is 23.4 Å². The fraction of sp³-hybridized carbons (Fsp3) is 0.400. The topological polar surface area (TPSA) is 20.2 Å². The van der Waals surface area contributed by atoms with Gasteiger partial charge in [-0.05, 0) is 25.1 Å². The van der Waals surface area contributed by atoms with Crippen molar-refractivity contribution in [1.29, 1.82) is 0 Å². The van der Waals surface area contributed by atoms with Gasteiger partial charge in [0.25, 0.3) is 0 Å². The molecule has 1 aromatic rings. The zero-order chi connectivity index (χ0) is 9.84. The first kappa shape index (κ1) is 10.9. The van der Waals surface area contributed by atoms with E-state index in [1.165, 1.54) is 0 Å². The molecular weight excluding hydrogens is 204 g/mol. The minimum Gasteiger partial charge on any atom is -0.392 e. The zero-order valence-electron chi connectivity index (χ0n) is 7.70. The van der Waals surface area contributed by atoms with Gasteiger partial charge in [-0.3, -0.25) is 0 Å². The molecule has 1 nitrogen and oxygen atoms in total. The molecule has 1 N–H and O–H groups in total. The van der Waals surface area contributed by atoms with E-state index in [1.54, 1.807) is 18.7 Å². The summed E-state index contributed by atoms with van der Waals surface area (Å²) in [5.41, 5.74) is 0. The molecule has 3 heteroatoms. The van der Waals surface area contributed by atoms with Crippen molar-refractivity contribution in [2.45, 2.75) is 30.1 Å². The van der Waals surface area contributed by atoms with Crippen molar-refractivity contribution in [3.05, 3.63) is 29.3 Å². The lowest BCUT2D eigenvalue weighted by Crippen LogP contribution is -2.14. The van der Waals surface area contributed by atoms with Gasteiger partial charge in [-0.1, -0.05) is 24.6 Å². The maximum atomic E-state index is 9.30. The molecule has 0 aliphatic heterocycles. The molecular formula is C10H13ClOS. The van der Waals surface area contributed by atoms with Gasteiger partial charge in [0.15, 0.2) is 0 Å².